The van der Waals surface area contributed by atoms with Crippen LogP contribution in [0.2, 0.25) is 0 Å². The van der Waals surface area contributed by atoms with Gasteiger partial charge in [-0.05, 0) is 37.2 Å². The first kappa shape index (κ1) is 15.5. The Kier molecular flexibility index (Phi) is 5.37. The van der Waals surface area contributed by atoms with E-state index in [9.17, 15) is 0 Å². The molecule has 0 aliphatic carbocycles. The van der Waals surface area contributed by atoms with Crippen molar-refractivity contribution < 1.29 is 4.74 Å². The molecule has 3 heteroatoms. The van der Waals surface area contributed by atoms with Gasteiger partial charge in [-0.15, -0.1) is 0 Å². The number of nitrogens with zero attached hydrogens (tertiary/aromatic N) is 1. The lowest BCUT2D eigenvalue weighted by atomic mass is 10.1. The molecular weight excluding hydrogens is 260 g/mol. The average molecular weight is 284 g/mol. The fourth-order valence-electron chi connectivity index (χ4n) is 2.36. The first-order valence-corrected chi connectivity index (χ1v) is 7.22. The van der Waals surface area contributed by atoms with Crippen molar-refractivity contribution in [3.05, 3.63) is 65.2 Å². The minimum Gasteiger partial charge on any atom is -0.497 e. The molecule has 2 aromatic carbocycles. The normalized spacial score (nSPS) is 12.4. The topological polar surface area (TPSA) is 38.5 Å². The van der Waals surface area contributed by atoms with Crippen molar-refractivity contribution in [2.75, 3.05) is 20.7 Å². The molecule has 2 N–H and O–H groups in total. The van der Waals surface area contributed by atoms with E-state index in [1.807, 2.05) is 12.1 Å². The van der Waals surface area contributed by atoms with Crippen molar-refractivity contribution in [2.24, 2.45) is 5.73 Å². The molecule has 0 aliphatic rings. The zero-order valence-electron chi connectivity index (χ0n) is 13.0. The number of aryl methyl sites for hydroxylation is 1. The van der Waals surface area contributed by atoms with Gasteiger partial charge in [-0.3, -0.25) is 0 Å². The molecule has 0 saturated heterocycles. The van der Waals surface area contributed by atoms with Gasteiger partial charge in [0.25, 0.3) is 0 Å². The van der Waals surface area contributed by atoms with E-state index in [4.69, 9.17) is 10.5 Å². The molecule has 2 rings (SSSR count). The van der Waals surface area contributed by atoms with Gasteiger partial charge in [0, 0.05) is 19.1 Å². The molecule has 21 heavy (non-hydrogen) atoms. The van der Waals surface area contributed by atoms with Gasteiger partial charge in [0.1, 0.15) is 5.75 Å². The third-order valence-electron chi connectivity index (χ3n) is 3.63. The molecule has 2 aromatic rings. The minimum atomic E-state index is 0.0360. The van der Waals surface area contributed by atoms with Crippen LogP contribution in [0.3, 0.4) is 0 Å². The van der Waals surface area contributed by atoms with Gasteiger partial charge in [-0.25, -0.2) is 0 Å². The van der Waals surface area contributed by atoms with Crippen molar-refractivity contribution in [1.82, 2.24) is 4.90 Å². The predicted molar refractivity (Wildman–Crippen MR) is 87.4 cm³/mol. The monoisotopic (exact) mass is 284 g/mol. The lowest BCUT2D eigenvalue weighted by Crippen LogP contribution is -2.28. The number of hydrogen-bond donors (Lipinski definition) is 1. The van der Waals surface area contributed by atoms with E-state index < -0.39 is 0 Å². The summed E-state index contributed by atoms with van der Waals surface area (Å²) in [4.78, 5) is 2.24. The van der Waals surface area contributed by atoms with E-state index in [0.29, 0.717) is 0 Å². The van der Waals surface area contributed by atoms with Gasteiger partial charge in [0.05, 0.1) is 7.11 Å². The fraction of sp³-hybridized carbons (Fsp3) is 0.333. The van der Waals surface area contributed by atoms with Crippen LogP contribution in [0, 0.1) is 6.92 Å². The zero-order chi connectivity index (χ0) is 15.2. The average Bonchev–Trinajstić information content (AvgIpc) is 2.48. The predicted octanol–water partition coefficient (Wildman–Crippen LogP) is 3.14. The molecule has 0 fully saturated rings. The Labute approximate surface area is 127 Å². The Morgan fingerprint density at radius 1 is 1.05 bits per heavy atom. The molecule has 0 saturated carbocycles. The molecular formula is C18H24N2O. The van der Waals surface area contributed by atoms with Gasteiger partial charge >= 0.3 is 0 Å². The number of methoxy groups -OCH3 is 1. The maximum Gasteiger partial charge on any atom is 0.118 e. The second-order valence-electron chi connectivity index (χ2n) is 5.56. The number of likely N-dealkylation sites (N-methyl/N-ethyl adjacent to an activating group) is 1. The van der Waals surface area contributed by atoms with Gasteiger partial charge in [0.2, 0.25) is 0 Å². The van der Waals surface area contributed by atoms with E-state index in [1.165, 1.54) is 16.7 Å². The van der Waals surface area contributed by atoms with Crippen LogP contribution in [0.4, 0.5) is 0 Å². The van der Waals surface area contributed by atoms with Crippen LogP contribution in [0.25, 0.3) is 0 Å². The van der Waals surface area contributed by atoms with Crippen LogP contribution in [0.1, 0.15) is 22.7 Å². The summed E-state index contributed by atoms with van der Waals surface area (Å²) in [5, 5.41) is 0. The van der Waals surface area contributed by atoms with Crippen molar-refractivity contribution in [2.45, 2.75) is 19.5 Å². The van der Waals surface area contributed by atoms with E-state index in [0.717, 1.165) is 18.8 Å². The van der Waals surface area contributed by atoms with E-state index in [-0.39, 0.29) is 6.04 Å². The first-order valence-electron chi connectivity index (χ1n) is 7.22. The molecule has 0 amide bonds. The number of nitrogens with two attached hydrogens (primary N) is 1. The molecule has 3 nitrogen and oxygen atoms in total. The number of rotatable bonds is 6. The Balaban J connectivity index is 1.91. The van der Waals surface area contributed by atoms with Gasteiger partial charge < -0.3 is 15.4 Å². The van der Waals surface area contributed by atoms with Crippen LogP contribution in [0.15, 0.2) is 48.5 Å². The molecule has 0 aliphatic heterocycles. The molecule has 112 valence electrons. The van der Waals surface area contributed by atoms with Crippen molar-refractivity contribution in [1.29, 1.82) is 0 Å². The summed E-state index contributed by atoms with van der Waals surface area (Å²) in [6.45, 7) is 3.80. The first-order chi connectivity index (χ1) is 10.1. The molecule has 0 bridgehead atoms. The van der Waals surface area contributed by atoms with Crippen LogP contribution in [0.5, 0.6) is 5.75 Å². The molecule has 0 radical (unpaired) electrons. The van der Waals surface area contributed by atoms with E-state index >= 15 is 0 Å². The zero-order valence-corrected chi connectivity index (χ0v) is 13.0. The van der Waals surface area contributed by atoms with Gasteiger partial charge in [-0.2, -0.15) is 0 Å². The molecule has 0 spiro atoms. The number of ether oxygens (including phenoxy) is 1. The second kappa shape index (κ2) is 7.25. The lowest BCUT2D eigenvalue weighted by molar-refractivity contribution is 0.305. The molecule has 0 heterocycles. The minimum absolute atomic E-state index is 0.0360. The number of hydrogen-bond acceptors (Lipinski definition) is 3. The van der Waals surface area contributed by atoms with Crippen LogP contribution in [-0.2, 0) is 6.54 Å². The maximum atomic E-state index is 6.28. The summed E-state index contributed by atoms with van der Waals surface area (Å²) < 4.78 is 5.17. The van der Waals surface area contributed by atoms with Crippen LogP contribution < -0.4 is 10.5 Å². The molecule has 1 unspecified atom stereocenters. The second-order valence-corrected chi connectivity index (χ2v) is 5.56. The smallest absolute Gasteiger partial charge is 0.118 e. The van der Waals surface area contributed by atoms with Gasteiger partial charge in [-0.1, -0.05) is 42.0 Å². The third-order valence-corrected chi connectivity index (χ3v) is 3.63. The Hall–Kier alpha value is -1.84. The SMILES string of the molecule is COc1ccc(CN(C)CC(N)c2ccc(C)cc2)cc1. The van der Waals surface area contributed by atoms with Crippen molar-refractivity contribution in [3.63, 3.8) is 0 Å². The summed E-state index contributed by atoms with van der Waals surface area (Å²) in [5.74, 6) is 0.887. The van der Waals surface area contributed by atoms with Crippen molar-refractivity contribution in [3.8, 4) is 5.75 Å². The summed E-state index contributed by atoms with van der Waals surface area (Å²) in [6, 6.07) is 16.6. The highest BCUT2D eigenvalue weighted by Gasteiger charge is 2.09. The molecule has 0 aromatic heterocycles. The highest BCUT2D eigenvalue weighted by molar-refractivity contribution is 5.27. The summed E-state index contributed by atoms with van der Waals surface area (Å²) in [5.41, 5.74) is 9.99. The largest absolute Gasteiger partial charge is 0.497 e. The lowest BCUT2D eigenvalue weighted by Gasteiger charge is -2.22. The highest BCUT2D eigenvalue weighted by atomic mass is 16.5. The third kappa shape index (κ3) is 4.59. The number of benzene rings is 2. The standard InChI is InChI=1S/C18H24N2O/c1-14-4-8-16(9-5-14)18(19)13-20(2)12-15-6-10-17(21-3)11-7-15/h4-11,18H,12-13,19H2,1-3H3. The van der Waals surface area contributed by atoms with Crippen LogP contribution in [-0.4, -0.2) is 25.6 Å². The van der Waals surface area contributed by atoms with Gasteiger partial charge in [0.15, 0.2) is 0 Å². The fourth-order valence-corrected chi connectivity index (χ4v) is 2.36. The Bertz CT molecular complexity index is 548. The van der Waals surface area contributed by atoms with E-state index in [2.05, 4.69) is 55.3 Å². The Morgan fingerprint density at radius 3 is 2.24 bits per heavy atom. The molecule has 1 atom stereocenters. The highest BCUT2D eigenvalue weighted by Crippen LogP contribution is 2.15. The Morgan fingerprint density at radius 2 is 1.67 bits per heavy atom. The van der Waals surface area contributed by atoms with Crippen molar-refractivity contribution >= 4 is 0 Å². The van der Waals surface area contributed by atoms with Crippen LogP contribution >= 0.6 is 0 Å². The summed E-state index contributed by atoms with van der Waals surface area (Å²) in [7, 11) is 3.78. The summed E-state index contributed by atoms with van der Waals surface area (Å²) >= 11 is 0. The maximum absolute atomic E-state index is 6.28. The summed E-state index contributed by atoms with van der Waals surface area (Å²) in [6.07, 6.45) is 0. The quantitative estimate of drug-likeness (QED) is 0.885. The van der Waals surface area contributed by atoms with E-state index in [1.54, 1.807) is 7.11 Å².